The molecule has 0 amide bonds. The second kappa shape index (κ2) is 3.96. The van der Waals surface area contributed by atoms with E-state index in [0.29, 0.717) is 11.0 Å². The van der Waals surface area contributed by atoms with E-state index in [4.69, 9.17) is 0 Å². The standard InChI is InChI=1S/C11H15N5O/c1-15-10-9(6-14-15)11(17)16(7-13-10)8-2-4-12-5-3-8/h6-8,12H,2-5H2,1H3. The van der Waals surface area contributed by atoms with Crippen LogP contribution in [0.3, 0.4) is 0 Å². The van der Waals surface area contributed by atoms with Crippen LogP contribution >= 0.6 is 0 Å². The Hall–Kier alpha value is -1.69. The highest BCUT2D eigenvalue weighted by Gasteiger charge is 2.18. The van der Waals surface area contributed by atoms with Crippen molar-refractivity contribution in [1.29, 1.82) is 0 Å². The summed E-state index contributed by atoms with van der Waals surface area (Å²) < 4.78 is 3.38. The third kappa shape index (κ3) is 1.64. The molecule has 3 rings (SSSR count). The molecule has 1 aliphatic rings. The Bertz CT molecular complexity index is 593. The number of piperidine rings is 1. The topological polar surface area (TPSA) is 64.7 Å². The Morgan fingerprint density at radius 3 is 2.94 bits per heavy atom. The van der Waals surface area contributed by atoms with E-state index < -0.39 is 0 Å². The Morgan fingerprint density at radius 1 is 1.41 bits per heavy atom. The van der Waals surface area contributed by atoms with Crippen LogP contribution < -0.4 is 10.9 Å². The first-order valence-electron chi connectivity index (χ1n) is 5.87. The van der Waals surface area contributed by atoms with Crippen LogP contribution in [0.4, 0.5) is 0 Å². The van der Waals surface area contributed by atoms with E-state index in [1.54, 1.807) is 28.8 Å². The lowest BCUT2D eigenvalue weighted by Crippen LogP contribution is -2.34. The third-order valence-corrected chi connectivity index (χ3v) is 3.38. The van der Waals surface area contributed by atoms with E-state index >= 15 is 0 Å². The number of nitrogens with zero attached hydrogens (tertiary/aromatic N) is 4. The molecule has 1 fully saturated rings. The van der Waals surface area contributed by atoms with Crippen molar-refractivity contribution in [3.05, 3.63) is 22.9 Å². The quantitative estimate of drug-likeness (QED) is 0.756. The van der Waals surface area contributed by atoms with Gasteiger partial charge in [-0.2, -0.15) is 5.10 Å². The van der Waals surface area contributed by atoms with Gasteiger partial charge in [-0.1, -0.05) is 0 Å². The number of hydrogen-bond acceptors (Lipinski definition) is 4. The Kier molecular flexibility index (Phi) is 2.44. The molecule has 1 aliphatic heterocycles. The maximum Gasteiger partial charge on any atom is 0.264 e. The zero-order valence-corrected chi connectivity index (χ0v) is 9.76. The summed E-state index contributed by atoms with van der Waals surface area (Å²) in [6.07, 6.45) is 5.21. The van der Waals surface area contributed by atoms with Crippen LogP contribution in [0.5, 0.6) is 0 Å². The molecule has 0 bridgehead atoms. The lowest BCUT2D eigenvalue weighted by atomic mass is 10.1. The number of fused-ring (bicyclic) bond motifs is 1. The third-order valence-electron chi connectivity index (χ3n) is 3.38. The van der Waals surface area contributed by atoms with E-state index in [-0.39, 0.29) is 11.6 Å². The molecule has 0 radical (unpaired) electrons. The zero-order chi connectivity index (χ0) is 11.8. The average molecular weight is 233 g/mol. The van der Waals surface area contributed by atoms with Gasteiger partial charge < -0.3 is 5.32 Å². The molecule has 2 aromatic rings. The molecule has 2 aromatic heterocycles. The Morgan fingerprint density at radius 2 is 2.18 bits per heavy atom. The second-order valence-corrected chi connectivity index (χ2v) is 4.44. The van der Waals surface area contributed by atoms with Gasteiger partial charge in [-0.25, -0.2) is 4.98 Å². The molecule has 17 heavy (non-hydrogen) atoms. The van der Waals surface area contributed by atoms with Crippen LogP contribution in [-0.4, -0.2) is 32.4 Å². The number of rotatable bonds is 1. The first kappa shape index (κ1) is 10.5. The summed E-state index contributed by atoms with van der Waals surface area (Å²) in [4.78, 5) is 16.6. The highest BCUT2D eigenvalue weighted by atomic mass is 16.1. The minimum atomic E-state index is 0.0231. The van der Waals surface area contributed by atoms with E-state index in [9.17, 15) is 4.79 Å². The average Bonchev–Trinajstić information content (AvgIpc) is 2.74. The van der Waals surface area contributed by atoms with Crippen molar-refractivity contribution in [2.45, 2.75) is 18.9 Å². The predicted octanol–water partition coefficient (Wildman–Crippen LogP) is 0.0545. The van der Waals surface area contributed by atoms with Crippen LogP contribution in [0.15, 0.2) is 17.3 Å². The summed E-state index contributed by atoms with van der Waals surface area (Å²) in [7, 11) is 1.80. The monoisotopic (exact) mass is 233 g/mol. The minimum absolute atomic E-state index is 0.0231. The number of nitrogens with one attached hydrogen (secondary N) is 1. The van der Waals surface area contributed by atoms with Crippen molar-refractivity contribution in [3.8, 4) is 0 Å². The van der Waals surface area contributed by atoms with Gasteiger partial charge in [0.2, 0.25) is 0 Å². The molecular formula is C11H15N5O. The number of aromatic nitrogens is 4. The van der Waals surface area contributed by atoms with E-state index in [1.807, 2.05) is 0 Å². The summed E-state index contributed by atoms with van der Waals surface area (Å²) in [6, 6.07) is 0.265. The largest absolute Gasteiger partial charge is 0.317 e. The fraction of sp³-hybridized carbons (Fsp3) is 0.545. The van der Waals surface area contributed by atoms with Gasteiger partial charge in [0.05, 0.1) is 6.20 Å². The summed E-state index contributed by atoms with van der Waals surface area (Å²) in [6.45, 7) is 1.92. The molecule has 0 saturated carbocycles. The van der Waals surface area contributed by atoms with Gasteiger partial charge in [0.1, 0.15) is 11.7 Å². The van der Waals surface area contributed by atoms with Gasteiger partial charge in [0.25, 0.3) is 5.56 Å². The van der Waals surface area contributed by atoms with Crippen molar-refractivity contribution >= 4 is 11.0 Å². The maximum atomic E-state index is 12.3. The molecule has 0 spiro atoms. The minimum Gasteiger partial charge on any atom is -0.317 e. The van der Waals surface area contributed by atoms with Gasteiger partial charge >= 0.3 is 0 Å². The Labute approximate surface area is 98.3 Å². The zero-order valence-electron chi connectivity index (χ0n) is 9.76. The van der Waals surface area contributed by atoms with Crippen LogP contribution in [0.25, 0.3) is 11.0 Å². The number of hydrogen-bond donors (Lipinski definition) is 1. The maximum absolute atomic E-state index is 12.3. The van der Waals surface area contributed by atoms with E-state index in [0.717, 1.165) is 25.9 Å². The Balaban J connectivity index is 2.11. The van der Waals surface area contributed by atoms with Crippen molar-refractivity contribution in [1.82, 2.24) is 24.6 Å². The summed E-state index contributed by atoms with van der Waals surface area (Å²) in [5.41, 5.74) is 0.676. The van der Waals surface area contributed by atoms with Gasteiger partial charge in [-0.05, 0) is 25.9 Å². The van der Waals surface area contributed by atoms with E-state index in [1.165, 1.54) is 0 Å². The molecule has 0 atom stereocenters. The first-order chi connectivity index (χ1) is 8.27. The fourth-order valence-corrected chi connectivity index (χ4v) is 2.39. The normalized spacial score (nSPS) is 17.7. The van der Waals surface area contributed by atoms with Gasteiger partial charge in [0.15, 0.2) is 5.65 Å². The lowest BCUT2D eigenvalue weighted by molar-refractivity contribution is 0.359. The molecule has 90 valence electrons. The summed E-state index contributed by atoms with van der Waals surface area (Å²) in [5.74, 6) is 0. The van der Waals surface area contributed by atoms with Crippen LogP contribution in [-0.2, 0) is 7.05 Å². The molecule has 6 nitrogen and oxygen atoms in total. The molecule has 1 N–H and O–H groups in total. The van der Waals surface area contributed by atoms with Crippen LogP contribution in [0.2, 0.25) is 0 Å². The molecular weight excluding hydrogens is 218 g/mol. The lowest BCUT2D eigenvalue weighted by Gasteiger charge is -2.24. The van der Waals surface area contributed by atoms with Crippen LogP contribution in [0, 0.1) is 0 Å². The molecule has 6 heteroatoms. The second-order valence-electron chi connectivity index (χ2n) is 4.44. The van der Waals surface area contributed by atoms with Gasteiger partial charge in [-0.15, -0.1) is 0 Å². The highest BCUT2D eigenvalue weighted by Crippen LogP contribution is 2.16. The summed E-state index contributed by atoms with van der Waals surface area (Å²) >= 11 is 0. The van der Waals surface area contributed by atoms with Crippen molar-refractivity contribution in [3.63, 3.8) is 0 Å². The molecule has 0 aromatic carbocycles. The molecule has 1 saturated heterocycles. The molecule has 0 unspecified atom stereocenters. The van der Waals surface area contributed by atoms with Gasteiger partial charge in [-0.3, -0.25) is 14.0 Å². The van der Waals surface area contributed by atoms with Gasteiger partial charge in [0, 0.05) is 13.1 Å². The predicted molar refractivity (Wildman–Crippen MR) is 63.9 cm³/mol. The number of aryl methyl sites for hydroxylation is 1. The van der Waals surface area contributed by atoms with Crippen LogP contribution in [0.1, 0.15) is 18.9 Å². The van der Waals surface area contributed by atoms with Crippen molar-refractivity contribution in [2.75, 3.05) is 13.1 Å². The highest BCUT2D eigenvalue weighted by molar-refractivity contribution is 5.72. The summed E-state index contributed by atoms with van der Waals surface area (Å²) in [5, 5.41) is 7.97. The SMILES string of the molecule is Cn1ncc2c(=O)n(C3CCNCC3)cnc21. The molecule has 0 aliphatic carbocycles. The smallest absolute Gasteiger partial charge is 0.264 e. The fourth-order valence-electron chi connectivity index (χ4n) is 2.39. The van der Waals surface area contributed by atoms with Crippen molar-refractivity contribution < 1.29 is 0 Å². The molecule has 3 heterocycles. The first-order valence-corrected chi connectivity index (χ1v) is 5.87. The van der Waals surface area contributed by atoms with Crippen molar-refractivity contribution in [2.24, 2.45) is 7.05 Å². The van der Waals surface area contributed by atoms with E-state index in [2.05, 4.69) is 15.4 Å².